The summed E-state index contributed by atoms with van der Waals surface area (Å²) in [6.07, 6.45) is 1.83. The maximum absolute atomic E-state index is 14.4. The fraction of sp³-hybridized carbons (Fsp3) is 0.139. The number of thiazole rings is 1. The van der Waals surface area contributed by atoms with Crippen molar-refractivity contribution in [2.45, 2.75) is 19.6 Å². The average Bonchev–Trinajstić information content (AvgIpc) is 3.38. The van der Waals surface area contributed by atoms with E-state index in [9.17, 15) is 9.59 Å². The van der Waals surface area contributed by atoms with Gasteiger partial charge in [-0.3, -0.25) is 9.36 Å². The minimum atomic E-state index is -0.791. The number of hydrogen-bond acceptors (Lipinski definition) is 7. The van der Waals surface area contributed by atoms with Crippen LogP contribution in [0.5, 0.6) is 11.5 Å². The number of carbonyl (C=O) groups excluding carboxylic acids is 1. The Kier molecular flexibility index (Phi) is 10.5. The molecule has 0 N–H and O–H groups in total. The maximum atomic E-state index is 14.4. The fourth-order valence-electron chi connectivity index (χ4n) is 5.29. The van der Waals surface area contributed by atoms with Gasteiger partial charge >= 0.3 is 5.97 Å². The quantitative estimate of drug-likeness (QED) is 0.114. The van der Waals surface area contributed by atoms with Gasteiger partial charge in [0.15, 0.2) is 4.80 Å². The molecule has 4 aromatic carbocycles. The zero-order chi connectivity index (χ0) is 33.1. The molecule has 238 valence electrons. The zero-order valence-corrected chi connectivity index (χ0v) is 31.1. The van der Waals surface area contributed by atoms with Crippen molar-refractivity contribution in [2.24, 2.45) is 4.99 Å². The molecule has 1 aromatic heterocycles. The van der Waals surface area contributed by atoms with Crippen LogP contribution in [-0.4, -0.2) is 24.3 Å². The van der Waals surface area contributed by atoms with Gasteiger partial charge in [-0.1, -0.05) is 83.6 Å². The molecular weight excluding hydrogens is 862 g/mol. The number of fused-ring (bicyclic) bond motifs is 1. The molecule has 0 radical (unpaired) electrons. The van der Waals surface area contributed by atoms with Gasteiger partial charge in [-0.15, -0.1) is 0 Å². The monoisotopic (exact) mass is 888 g/mol. The summed E-state index contributed by atoms with van der Waals surface area (Å²) >= 11 is 12.2. The molecule has 1 aliphatic rings. The van der Waals surface area contributed by atoms with Crippen LogP contribution in [0.4, 0.5) is 0 Å². The van der Waals surface area contributed by atoms with Crippen molar-refractivity contribution in [3.05, 3.63) is 151 Å². The van der Waals surface area contributed by atoms with Crippen molar-refractivity contribution in [3.63, 3.8) is 0 Å². The first-order valence-corrected chi connectivity index (χ1v) is 17.9. The number of carbonyl (C=O) groups is 1. The predicted octanol–water partition coefficient (Wildman–Crippen LogP) is 7.39. The summed E-state index contributed by atoms with van der Waals surface area (Å²) in [6, 6.07) is 27.6. The van der Waals surface area contributed by atoms with Gasteiger partial charge in [-0.05, 0) is 94.1 Å². The molecule has 11 heteroatoms. The van der Waals surface area contributed by atoms with E-state index >= 15 is 0 Å². The van der Waals surface area contributed by atoms with E-state index in [2.05, 4.69) is 45.2 Å². The average molecular weight is 889 g/mol. The molecule has 0 unspecified atom stereocenters. The second-order valence-electron chi connectivity index (χ2n) is 10.4. The number of rotatable bonds is 9. The number of methoxy groups -OCH3 is 1. The van der Waals surface area contributed by atoms with Crippen LogP contribution in [0.1, 0.15) is 35.2 Å². The summed E-state index contributed by atoms with van der Waals surface area (Å²) in [4.78, 5) is 33.6. The van der Waals surface area contributed by atoms with E-state index in [0.29, 0.717) is 31.6 Å². The summed E-state index contributed by atoms with van der Waals surface area (Å²) in [5.74, 6) is 0.761. The van der Waals surface area contributed by atoms with Crippen molar-refractivity contribution in [1.82, 2.24) is 4.57 Å². The van der Waals surface area contributed by atoms with Crippen LogP contribution in [0.3, 0.4) is 0 Å². The lowest BCUT2D eigenvalue weighted by Crippen LogP contribution is -2.40. The number of hydrogen-bond donors (Lipinski definition) is 0. The number of benzene rings is 4. The Labute approximate surface area is 307 Å². The van der Waals surface area contributed by atoms with E-state index in [1.54, 1.807) is 18.6 Å². The number of esters is 1. The number of nitrogens with zero attached hydrogens (tertiary/aromatic N) is 2. The normalized spacial score (nSPS) is 14.4. The van der Waals surface area contributed by atoms with Gasteiger partial charge in [-0.2, -0.15) is 0 Å². The lowest BCUT2D eigenvalue weighted by Gasteiger charge is -2.26. The van der Waals surface area contributed by atoms with E-state index in [4.69, 9.17) is 30.8 Å². The van der Waals surface area contributed by atoms with Gasteiger partial charge in [0.25, 0.3) is 5.56 Å². The maximum Gasteiger partial charge on any atom is 0.338 e. The highest BCUT2D eigenvalue weighted by atomic mass is 127. The Morgan fingerprint density at radius 3 is 2.45 bits per heavy atom. The first kappa shape index (κ1) is 33.4. The third-order valence-electron chi connectivity index (χ3n) is 7.46. The topological polar surface area (TPSA) is 79.1 Å². The minimum Gasteiger partial charge on any atom is -0.497 e. The Morgan fingerprint density at radius 1 is 1.02 bits per heavy atom. The Hall–Kier alpha value is -3.46. The molecule has 7 nitrogen and oxygen atoms in total. The second-order valence-corrected chi connectivity index (χ2v) is 14.2. The first-order valence-electron chi connectivity index (χ1n) is 14.6. The number of aromatic nitrogens is 1. The molecule has 47 heavy (non-hydrogen) atoms. The van der Waals surface area contributed by atoms with Gasteiger partial charge in [-0.25, -0.2) is 9.79 Å². The molecule has 0 amide bonds. The highest BCUT2D eigenvalue weighted by molar-refractivity contribution is 14.1. The molecule has 6 rings (SSSR count). The SMILES string of the molecule is CCOC(=O)C1=C(c2ccccc2)N=c2s/c(=C\c3cc(I)cc(I)c3OCc3ccccc3Cl)c(=O)n2[C@H]1c1ccc(OC)cc1. The van der Waals surface area contributed by atoms with Gasteiger partial charge in [0.1, 0.15) is 18.1 Å². The Balaban J connectivity index is 1.56. The summed E-state index contributed by atoms with van der Waals surface area (Å²) in [7, 11) is 1.59. The standard InChI is InChI=1S/C36H27ClI2N2O5S/c1-3-45-35(43)30-31(21-9-5-4-6-10-21)40-36-41(32(30)22-13-15-26(44-2)16-14-22)34(42)29(47-36)18-24-17-25(38)19-28(39)33(24)46-20-23-11-7-8-12-27(23)37/h4-19,32H,3,20H2,1-2H3/b29-18-/t32-/m0/s1. The molecule has 5 aromatic rings. The van der Waals surface area contributed by atoms with Crippen LogP contribution in [0, 0.1) is 7.14 Å². The molecule has 0 spiro atoms. The molecule has 0 saturated heterocycles. The summed E-state index contributed by atoms with van der Waals surface area (Å²) in [5.41, 5.74) is 3.53. The summed E-state index contributed by atoms with van der Waals surface area (Å²) < 4.78 is 21.2. The summed E-state index contributed by atoms with van der Waals surface area (Å²) in [5, 5.41) is 0.619. The predicted molar refractivity (Wildman–Crippen MR) is 202 cm³/mol. The van der Waals surface area contributed by atoms with Gasteiger partial charge in [0, 0.05) is 25.3 Å². The molecule has 1 atom stereocenters. The van der Waals surface area contributed by atoms with Crippen LogP contribution in [0.2, 0.25) is 5.02 Å². The Bertz CT molecular complexity index is 2180. The largest absolute Gasteiger partial charge is 0.497 e. The third kappa shape index (κ3) is 7.06. The second kappa shape index (κ2) is 14.8. The van der Waals surface area contributed by atoms with Gasteiger partial charge in [0.05, 0.1) is 39.1 Å². The van der Waals surface area contributed by atoms with Crippen molar-refractivity contribution < 1.29 is 19.0 Å². The highest BCUT2D eigenvalue weighted by Crippen LogP contribution is 2.36. The van der Waals surface area contributed by atoms with Crippen LogP contribution in [0.15, 0.2) is 106 Å². The summed E-state index contributed by atoms with van der Waals surface area (Å²) in [6.45, 7) is 2.19. The molecular formula is C36H27ClI2N2O5S. The lowest BCUT2D eigenvalue weighted by atomic mass is 9.93. The number of halogens is 3. The van der Waals surface area contributed by atoms with Crippen LogP contribution in [-0.2, 0) is 16.1 Å². The van der Waals surface area contributed by atoms with Crippen molar-refractivity contribution in [2.75, 3.05) is 13.7 Å². The van der Waals surface area contributed by atoms with E-state index in [0.717, 1.165) is 29.4 Å². The fourth-order valence-corrected chi connectivity index (χ4v) is 8.52. The van der Waals surface area contributed by atoms with Crippen LogP contribution < -0.4 is 24.4 Å². The minimum absolute atomic E-state index is 0.173. The van der Waals surface area contributed by atoms with Crippen molar-refractivity contribution in [1.29, 1.82) is 0 Å². The Morgan fingerprint density at radius 2 is 1.74 bits per heavy atom. The van der Waals surface area contributed by atoms with E-state index in [1.165, 1.54) is 11.3 Å². The van der Waals surface area contributed by atoms with E-state index in [-0.39, 0.29) is 24.3 Å². The van der Waals surface area contributed by atoms with Crippen molar-refractivity contribution >= 4 is 85.9 Å². The zero-order valence-electron chi connectivity index (χ0n) is 25.2. The van der Waals surface area contributed by atoms with Gasteiger partial charge < -0.3 is 14.2 Å². The van der Waals surface area contributed by atoms with Crippen LogP contribution >= 0.6 is 68.1 Å². The number of ether oxygens (including phenoxy) is 3. The van der Waals surface area contributed by atoms with Gasteiger partial charge in [0.2, 0.25) is 0 Å². The smallest absolute Gasteiger partial charge is 0.338 e. The lowest BCUT2D eigenvalue weighted by molar-refractivity contribution is -0.138. The molecule has 2 heterocycles. The third-order valence-corrected chi connectivity index (χ3v) is 10.2. The van der Waals surface area contributed by atoms with Crippen LogP contribution in [0.25, 0.3) is 11.8 Å². The first-order chi connectivity index (χ1) is 22.8. The molecule has 0 aliphatic carbocycles. The highest BCUT2D eigenvalue weighted by Gasteiger charge is 2.35. The molecule has 0 bridgehead atoms. The van der Waals surface area contributed by atoms with E-state index < -0.39 is 12.0 Å². The molecule has 0 saturated carbocycles. The van der Waals surface area contributed by atoms with Crippen molar-refractivity contribution in [3.8, 4) is 11.5 Å². The molecule has 0 fully saturated rings. The van der Waals surface area contributed by atoms with E-state index in [1.807, 2.05) is 97.1 Å². The molecule has 1 aliphatic heterocycles.